The molecular formula is C19H15ClN4O5S4. The summed E-state index contributed by atoms with van der Waals surface area (Å²) in [6.07, 6.45) is 1.11. The van der Waals surface area contributed by atoms with E-state index >= 15 is 0 Å². The average molecular weight is 543 g/mol. The van der Waals surface area contributed by atoms with Crippen molar-refractivity contribution in [3.05, 3.63) is 58.1 Å². The first-order chi connectivity index (χ1) is 15.4. The van der Waals surface area contributed by atoms with Gasteiger partial charge in [-0.05, 0) is 49.4 Å². The highest BCUT2D eigenvalue weighted by Crippen LogP contribution is 2.30. The lowest BCUT2D eigenvalue weighted by Crippen LogP contribution is -2.12. The fraction of sp³-hybridized carbons (Fsp3) is 0.105. The predicted molar refractivity (Wildman–Crippen MR) is 130 cm³/mol. The minimum absolute atomic E-state index is 0.00805. The van der Waals surface area contributed by atoms with Crippen LogP contribution in [0.5, 0.6) is 0 Å². The molecule has 0 atom stereocenters. The molecule has 0 aliphatic rings. The Bertz CT molecular complexity index is 1590. The van der Waals surface area contributed by atoms with Gasteiger partial charge in [0.2, 0.25) is 0 Å². The number of carbonyl (C=O) groups excluding carboxylic acids is 1. The van der Waals surface area contributed by atoms with Gasteiger partial charge in [-0.3, -0.25) is 14.8 Å². The van der Waals surface area contributed by atoms with Gasteiger partial charge in [0.1, 0.15) is 4.88 Å². The number of anilines is 2. The summed E-state index contributed by atoms with van der Waals surface area (Å²) >= 11 is 7.81. The highest BCUT2D eigenvalue weighted by Gasteiger charge is 2.21. The third-order valence-electron chi connectivity index (χ3n) is 4.36. The first-order valence-electron chi connectivity index (χ1n) is 9.10. The molecule has 0 aliphatic carbocycles. The van der Waals surface area contributed by atoms with E-state index in [9.17, 15) is 21.6 Å². The van der Waals surface area contributed by atoms with Crippen LogP contribution >= 0.6 is 34.3 Å². The summed E-state index contributed by atoms with van der Waals surface area (Å²) in [4.78, 5) is 21.6. The SMILES string of the molecule is Cc1nc(NS(=O)(=O)c2ccc(Cl)cc2)sc1C(=O)Nc1nc2ccc(S(C)(=O)=O)cc2s1. The molecular weight excluding hydrogens is 528 g/mol. The number of halogens is 1. The Kier molecular flexibility index (Phi) is 6.18. The zero-order valence-corrected chi connectivity index (χ0v) is 21.0. The maximum Gasteiger partial charge on any atom is 0.269 e. The first-order valence-corrected chi connectivity index (χ1v) is 14.5. The van der Waals surface area contributed by atoms with Crippen LogP contribution in [0.15, 0.2) is 52.3 Å². The molecule has 0 spiro atoms. The van der Waals surface area contributed by atoms with Crippen LogP contribution in [0.25, 0.3) is 10.2 Å². The van der Waals surface area contributed by atoms with Gasteiger partial charge in [-0.15, -0.1) is 0 Å². The Labute approximate surface area is 202 Å². The maximum absolute atomic E-state index is 12.8. The molecule has 2 aromatic carbocycles. The normalized spacial score (nSPS) is 12.1. The van der Waals surface area contributed by atoms with E-state index in [-0.39, 0.29) is 24.9 Å². The van der Waals surface area contributed by atoms with Gasteiger partial charge in [-0.1, -0.05) is 34.3 Å². The molecule has 4 aromatic rings. The van der Waals surface area contributed by atoms with Crippen LogP contribution in [0, 0.1) is 6.92 Å². The van der Waals surface area contributed by atoms with Crippen molar-refractivity contribution in [3.8, 4) is 0 Å². The molecule has 0 radical (unpaired) electrons. The van der Waals surface area contributed by atoms with E-state index in [4.69, 9.17) is 11.6 Å². The van der Waals surface area contributed by atoms with E-state index in [1.807, 2.05) is 0 Å². The summed E-state index contributed by atoms with van der Waals surface area (Å²) in [7, 11) is -7.27. The average Bonchev–Trinajstić information content (AvgIpc) is 3.28. The van der Waals surface area contributed by atoms with Crippen LogP contribution in [0.2, 0.25) is 5.02 Å². The largest absolute Gasteiger partial charge is 0.297 e. The minimum Gasteiger partial charge on any atom is -0.297 e. The molecule has 9 nitrogen and oxygen atoms in total. The van der Waals surface area contributed by atoms with Crippen LogP contribution in [0.4, 0.5) is 10.3 Å². The van der Waals surface area contributed by atoms with Crippen LogP contribution in [-0.2, 0) is 19.9 Å². The van der Waals surface area contributed by atoms with Crippen molar-refractivity contribution in [2.45, 2.75) is 16.7 Å². The number of fused-ring (bicyclic) bond motifs is 1. The fourth-order valence-electron chi connectivity index (χ4n) is 2.78. The number of carbonyl (C=O) groups is 1. The van der Waals surface area contributed by atoms with Gasteiger partial charge in [-0.25, -0.2) is 26.8 Å². The number of nitrogens with zero attached hydrogens (tertiary/aromatic N) is 2. The Morgan fingerprint density at radius 1 is 0.939 bits per heavy atom. The number of sulfone groups is 1. The molecule has 2 aromatic heterocycles. The summed E-state index contributed by atoms with van der Waals surface area (Å²) in [6.45, 7) is 1.59. The van der Waals surface area contributed by atoms with E-state index in [1.54, 1.807) is 13.0 Å². The standard InChI is InChI=1S/C19H15ClN4O5S4/c1-10-16(31-19(21-10)24-33(28,29)12-5-3-11(20)4-6-12)17(25)23-18-22-14-8-7-13(32(2,26)27)9-15(14)30-18/h3-9H,1-2H3,(H,21,24)(H,22,23,25). The summed E-state index contributed by atoms with van der Waals surface area (Å²) in [6, 6.07) is 10.2. The smallest absolute Gasteiger partial charge is 0.269 e. The van der Waals surface area contributed by atoms with Gasteiger partial charge >= 0.3 is 0 Å². The number of aryl methyl sites for hydroxylation is 1. The lowest BCUT2D eigenvalue weighted by Gasteiger charge is -2.04. The topological polar surface area (TPSA) is 135 Å². The van der Waals surface area contributed by atoms with Gasteiger partial charge in [-0.2, -0.15) is 0 Å². The second-order valence-electron chi connectivity index (χ2n) is 6.87. The highest BCUT2D eigenvalue weighted by molar-refractivity contribution is 7.93. The Morgan fingerprint density at radius 3 is 2.27 bits per heavy atom. The lowest BCUT2D eigenvalue weighted by atomic mass is 10.3. The third kappa shape index (κ3) is 5.17. The molecule has 2 N–H and O–H groups in total. The second kappa shape index (κ2) is 8.65. The number of sulfonamides is 1. The molecule has 2 heterocycles. The summed E-state index contributed by atoms with van der Waals surface area (Å²) < 4.78 is 51.6. The molecule has 4 rings (SSSR count). The van der Waals surface area contributed by atoms with Gasteiger partial charge in [0.15, 0.2) is 20.1 Å². The quantitative estimate of drug-likeness (QED) is 0.373. The number of hydrogen-bond acceptors (Lipinski definition) is 9. The van der Waals surface area contributed by atoms with Crippen LogP contribution in [-0.4, -0.2) is 39.0 Å². The highest BCUT2D eigenvalue weighted by atomic mass is 35.5. The van der Waals surface area contributed by atoms with Crippen molar-refractivity contribution in [1.29, 1.82) is 0 Å². The first kappa shape index (κ1) is 23.6. The Balaban J connectivity index is 1.54. The zero-order chi connectivity index (χ0) is 24.0. The van der Waals surface area contributed by atoms with Crippen LogP contribution in [0.3, 0.4) is 0 Å². The van der Waals surface area contributed by atoms with Gasteiger partial charge in [0.05, 0.1) is 25.7 Å². The molecule has 14 heteroatoms. The molecule has 0 saturated carbocycles. The van der Waals surface area contributed by atoms with Crippen molar-refractivity contribution in [3.63, 3.8) is 0 Å². The van der Waals surface area contributed by atoms with Gasteiger partial charge < -0.3 is 0 Å². The van der Waals surface area contributed by atoms with Gasteiger partial charge in [0.25, 0.3) is 15.9 Å². The number of benzene rings is 2. The molecule has 0 saturated heterocycles. The molecule has 1 amide bonds. The maximum atomic E-state index is 12.8. The van der Waals surface area contributed by atoms with Crippen molar-refractivity contribution in [2.75, 3.05) is 16.3 Å². The fourth-order valence-corrected chi connectivity index (χ4v) is 6.63. The monoisotopic (exact) mass is 542 g/mol. The molecule has 0 unspecified atom stereocenters. The summed E-state index contributed by atoms with van der Waals surface area (Å²) in [5, 5.41) is 3.37. The van der Waals surface area contributed by atoms with Crippen molar-refractivity contribution in [1.82, 2.24) is 9.97 Å². The number of thiazole rings is 2. The van der Waals surface area contributed by atoms with E-state index in [1.165, 1.54) is 36.4 Å². The van der Waals surface area contributed by atoms with Crippen molar-refractivity contribution >= 4 is 80.5 Å². The van der Waals surface area contributed by atoms with Crippen LogP contribution in [0.1, 0.15) is 15.4 Å². The van der Waals surface area contributed by atoms with E-state index in [0.29, 0.717) is 20.9 Å². The van der Waals surface area contributed by atoms with Gasteiger partial charge in [0, 0.05) is 11.3 Å². The lowest BCUT2D eigenvalue weighted by molar-refractivity contribution is 0.103. The Morgan fingerprint density at radius 2 is 1.61 bits per heavy atom. The second-order valence-corrected chi connectivity index (χ2v) is 13.0. The molecule has 0 aliphatic heterocycles. The number of rotatable bonds is 6. The third-order valence-corrected chi connectivity index (χ3v) is 9.21. The number of aromatic nitrogens is 2. The number of amides is 1. The summed E-state index contributed by atoms with van der Waals surface area (Å²) in [5.41, 5.74) is 0.881. The minimum atomic E-state index is -3.90. The zero-order valence-electron chi connectivity index (χ0n) is 17.0. The van der Waals surface area contributed by atoms with E-state index < -0.39 is 25.8 Å². The summed E-state index contributed by atoms with van der Waals surface area (Å²) in [5.74, 6) is -0.510. The molecule has 33 heavy (non-hydrogen) atoms. The molecule has 0 bridgehead atoms. The molecule has 0 fully saturated rings. The van der Waals surface area contributed by atoms with Crippen molar-refractivity contribution in [2.24, 2.45) is 0 Å². The van der Waals surface area contributed by atoms with Crippen molar-refractivity contribution < 1.29 is 21.6 Å². The van der Waals surface area contributed by atoms with E-state index in [2.05, 4.69) is 20.0 Å². The van der Waals surface area contributed by atoms with E-state index in [0.717, 1.165) is 28.9 Å². The number of hydrogen-bond donors (Lipinski definition) is 2. The Hall–Kier alpha value is -2.58. The predicted octanol–water partition coefficient (Wildman–Crippen LogP) is 4.17. The van der Waals surface area contributed by atoms with Crippen LogP contribution < -0.4 is 10.0 Å². The molecule has 172 valence electrons. The number of nitrogens with one attached hydrogen (secondary N) is 2.